The van der Waals surface area contributed by atoms with Crippen LogP contribution in [0.2, 0.25) is 0 Å². The van der Waals surface area contributed by atoms with Gasteiger partial charge in [-0.3, -0.25) is 4.74 Å². The molecule has 0 aromatic carbocycles. The second-order valence-electron chi connectivity index (χ2n) is 8.55. The van der Waals surface area contributed by atoms with Gasteiger partial charge < -0.3 is 0 Å². The lowest BCUT2D eigenvalue weighted by Crippen LogP contribution is -2.29. The number of alkyl halides is 3. The second kappa shape index (κ2) is 8.95. The summed E-state index contributed by atoms with van der Waals surface area (Å²) in [4.78, 5) is 0. The van der Waals surface area contributed by atoms with Crippen molar-refractivity contribution >= 4 is 0 Å². The van der Waals surface area contributed by atoms with E-state index < -0.39 is 12.5 Å². The summed E-state index contributed by atoms with van der Waals surface area (Å²) in [5.41, 5.74) is 1.52. The molecule has 0 aromatic heterocycles. The van der Waals surface area contributed by atoms with Gasteiger partial charge in [0.2, 0.25) is 0 Å². The lowest BCUT2D eigenvalue weighted by Gasteiger charge is -2.37. The minimum Gasteiger partial charge on any atom is -0.289 e. The summed E-state index contributed by atoms with van der Waals surface area (Å²) < 4.78 is 41.2. The van der Waals surface area contributed by atoms with Crippen LogP contribution in [-0.2, 0) is 4.74 Å². The highest BCUT2D eigenvalue weighted by molar-refractivity contribution is 5.12. The van der Waals surface area contributed by atoms with Crippen molar-refractivity contribution in [2.24, 2.45) is 23.7 Å². The van der Waals surface area contributed by atoms with E-state index in [0.29, 0.717) is 18.8 Å². The molecule has 26 heavy (non-hydrogen) atoms. The molecule has 0 aromatic rings. The quantitative estimate of drug-likeness (QED) is 0.476. The van der Waals surface area contributed by atoms with Gasteiger partial charge in [-0.05, 0) is 101 Å². The minimum absolute atomic E-state index is 0.495. The molecule has 3 rings (SSSR count). The highest BCUT2D eigenvalue weighted by Crippen LogP contribution is 2.43. The van der Waals surface area contributed by atoms with E-state index in [0.717, 1.165) is 37.0 Å². The molecule has 0 saturated heterocycles. The number of halogens is 3. The van der Waals surface area contributed by atoms with Gasteiger partial charge in [0.1, 0.15) is 0 Å². The number of hydrogen-bond acceptors (Lipinski definition) is 1. The van der Waals surface area contributed by atoms with Gasteiger partial charge in [-0.25, -0.2) is 0 Å². The Hall–Kier alpha value is -0.770. The van der Waals surface area contributed by atoms with Crippen LogP contribution in [0.5, 0.6) is 0 Å². The first kappa shape index (κ1) is 20.0. The molecule has 0 amide bonds. The van der Waals surface area contributed by atoms with Gasteiger partial charge in [0.05, 0.1) is 6.10 Å². The Balaban J connectivity index is 1.43. The number of rotatable bonds is 4. The summed E-state index contributed by atoms with van der Waals surface area (Å²) in [5.74, 6) is 3.00. The Morgan fingerprint density at radius 3 is 2.15 bits per heavy atom. The van der Waals surface area contributed by atoms with Crippen LogP contribution in [0.4, 0.5) is 13.2 Å². The predicted molar refractivity (Wildman–Crippen MR) is 98.6 cm³/mol. The van der Waals surface area contributed by atoms with Gasteiger partial charge in [0.15, 0.2) is 0 Å². The fourth-order valence-electron chi connectivity index (χ4n) is 5.50. The van der Waals surface area contributed by atoms with Gasteiger partial charge >= 0.3 is 6.36 Å². The highest BCUT2D eigenvalue weighted by atomic mass is 19.4. The molecular weight excluding hydrogens is 337 g/mol. The van der Waals surface area contributed by atoms with E-state index in [4.69, 9.17) is 0 Å². The normalized spacial score (nSPS) is 36.9. The topological polar surface area (TPSA) is 9.23 Å². The van der Waals surface area contributed by atoms with E-state index in [2.05, 4.69) is 29.9 Å². The standard InChI is InChI=1S/C22H33F3O/c1-2-3-16-4-6-17(7-5-16)18-8-10-19(11-9-18)20-12-14-21(15-13-20)26-22(23,24)25/h2-3,10,16-18,20-21H,4-9,11-15H2,1H3/b3-2+. The van der Waals surface area contributed by atoms with Crippen molar-refractivity contribution in [1.82, 2.24) is 0 Å². The van der Waals surface area contributed by atoms with Crippen molar-refractivity contribution in [1.29, 1.82) is 0 Å². The average Bonchev–Trinajstić information content (AvgIpc) is 2.62. The monoisotopic (exact) mass is 370 g/mol. The fourth-order valence-corrected chi connectivity index (χ4v) is 5.50. The van der Waals surface area contributed by atoms with Crippen molar-refractivity contribution in [3.8, 4) is 0 Å². The van der Waals surface area contributed by atoms with Gasteiger partial charge in [-0.15, -0.1) is 13.2 Å². The third-order valence-corrected chi connectivity index (χ3v) is 6.93. The molecule has 0 aliphatic heterocycles. The van der Waals surface area contributed by atoms with E-state index in [1.54, 1.807) is 0 Å². The van der Waals surface area contributed by atoms with Gasteiger partial charge in [0, 0.05) is 0 Å². The molecule has 0 bridgehead atoms. The zero-order valence-corrected chi connectivity index (χ0v) is 15.9. The third kappa shape index (κ3) is 5.61. The summed E-state index contributed by atoms with van der Waals surface area (Å²) in [6, 6.07) is 0. The lowest BCUT2D eigenvalue weighted by atomic mass is 9.69. The van der Waals surface area contributed by atoms with Crippen LogP contribution in [0.1, 0.15) is 77.6 Å². The maximum absolute atomic E-state index is 12.3. The molecule has 2 fully saturated rings. The van der Waals surface area contributed by atoms with Gasteiger partial charge in [0.25, 0.3) is 0 Å². The largest absolute Gasteiger partial charge is 0.522 e. The smallest absolute Gasteiger partial charge is 0.289 e. The zero-order chi connectivity index (χ0) is 18.6. The summed E-state index contributed by atoms with van der Waals surface area (Å²) >= 11 is 0. The van der Waals surface area contributed by atoms with Crippen LogP contribution in [0.25, 0.3) is 0 Å². The molecule has 148 valence electrons. The molecule has 0 heterocycles. The van der Waals surface area contributed by atoms with Crippen molar-refractivity contribution in [2.75, 3.05) is 0 Å². The van der Waals surface area contributed by atoms with Crippen LogP contribution in [-0.4, -0.2) is 12.5 Å². The fraction of sp³-hybridized carbons (Fsp3) is 0.818. The van der Waals surface area contributed by atoms with Crippen LogP contribution in [0.3, 0.4) is 0 Å². The molecule has 2 saturated carbocycles. The summed E-state index contributed by atoms with van der Waals surface area (Å²) in [5, 5.41) is 0. The summed E-state index contributed by atoms with van der Waals surface area (Å²) in [6.45, 7) is 2.11. The Kier molecular flexibility index (Phi) is 6.87. The number of hydrogen-bond donors (Lipinski definition) is 0. The van der Waals surface area contributed by atoms with E-state index in [9.17, 15) is 13.2 Å². The van der Waals surface area contributed by atoms with Crippen LogP contribution in [0, 0.1) is 23.7 Å². The third-order valence-electron chi connectivity index (χ3n) is 6.93. The predicted octanol–water partition coefficient (Wildman–Crippen LogP) is 7.19. The molecule has 4 heteroatoms. The van der Waals surface area contributed by atoms with Crippen LogP contribution >= 0.6 is 0 Å². The van der Waals surface area contributed by atoms with Gasteiger partial charge in [-0.2, -0.15) is 0 Å². The van der Waals surface area contributed by atoms with E-state index in [1.165, 1.54) is 44.1 Å². The molecule has 3 aliphatic rings. The molecule has 1 nitrogen and oxygen atoms in total. The molecular formula is C22H33F3O. The van der Waals surface area contributed by atoms with Gasteiger partial charge in [-0.1, -0.05) is 23.8 Å². The lowest BCUT2D eigenvalue weighted by molar-refractivity contribution is -0.345. The maximum Gasteiger partial charge on any atom is 0.522 e. The summed E-state index contributed by atoms with van der Waals surface area (Å²) in [7, 11) is 0. The molecule has 0 N–H and O–H groups in total. The molecule has 3 aliphatic carbocycles. The first-order valence-corrected chi connectivity index (χ1v) is 10.5. The Morgan fingerprint density at radius 1 is 0.923 bits per heavy atom. The van der Waals surface area contributed by atoms with Crippen LogP contribution in [0.15, 0.2) is 23.8 Å². The Morgan fingerprint density at radius 2 is 1.62 bits per heavy atom. The summed E-state index contributed by atoms with van der Waals surface area (Å²) in [6.07, 6.45) is 13.7. The van der Waals surface area contributed by atoms with E-state index in [-0.39, 0.29) is 0 Å². The SMILES string of the molecule is C/C=C/C1CCC(C2CC=C(C3CCC(OC(F)(F)F)CC3)CC2)CC1. The number of allylic oxidation sites excluding steroid dienone is 4. The second-order valence-corrected chi connectivity index (χ2v) is 8.55. The maximum atomic E-state index is 12.3. The Bertz CT molecular complexity index is 492. The van der Waals surface area contributed by atoms with Crippen molar-refractivity contribution in [3.05, 3.63) is 23.8 Å². The molecule has 0 spiro atoms. The van der Waals surface area contributed by atoms with Crippen LogP contribution < -0.4 is 0 Å². The minimum atomic E-state index is -4.49. The Labute approximate surface area is 156 Å². The highest BCUT2D eigenvalue weighted by Gasteiger charge is 2.36. The molecule has 1 unspecified atom stereocenters. The van der Waals surface area contributed by atoms with Crippen molar-refractivity contribution in [2.45, 2.75) is 90.0 Å². The molecule has 0 radical (unpaired) electrons. The first-order valence-electron chi connectivity index (χ1n) is 10.5. The van der Waals surface area contributed by atoms with Crippen molar-refractivity contribution < 1.29 is 17.9 Å². The van der Waals surface area contributed by atoms with E-state index >= 15 is 0 Å². The zero-order valence-electron chi connectivity index (χ0n) is 15.9. The first-order chi connectivity index (χ1) is 12.4. The average molecular weight is 370 g/mol. The van der Waals surface area contributed by atoms with E-state index in [1.807, 2.05) is 0 Å². The van der Waals surface area contributed by atoms with Crippen molar-refractivity contribution in [3.63, 3.8) is 0 Å². The molecule has 1 atom stereocenters. The number of ether oxygens (including phenoxy) is 1.